The van der Waals surface area contributed by atoms with Crippen molar-refractivity contribution in [2.45, 2.75) is 13.3 Å². The number of aryl methyl sites for hydroxylation is 1. The fourth-order valence-electron chi connectivity index (χ4n) is 1.86. The number of hydrogen-bond donors (Lipinski definition) is 2. The maximum Gasteiger partial charge on any atom is 0.0981 e. The molecule has 0 saturated heterocycles. The third-order valence-corrected chi connectivity index (χ3v) is 2.62. The van der Waals surface area contributed by atoms with Crippen molar-refractivity contribution in [1.29, 1.82) is 0 Å². The lowest BCUT2D eigenvalue weighted by Gasteiger charge is -2.10. The van der Waals surface area contributed by atoms with Crippen LogP contribution in [0.2, 0.25) is 0 Å². The molecule has 0 aliphatic heterocycles. The Balaban J connectivity index is 2.53. The lowest BCUT2D eigenvalue weighted by molar-refractivity contribution is 0.300. The zero-order valence-electron chi connectivity index (χ0n) is 9.23. The van der Waals surface area contributed by atoms with Gasteiger partial charge in [-0.2, -0.15) is 0 Å². The Hall–Kier alpha value is -1.74. The molecule has 1 heterocycles. The minimum absolute atomic E-state index is 0.110. The van der Waals surface area contributed by atoms with Gasteiger partial charge in [-0.3, -0.25) is 0 Å². The topological polar surface area (TPSA) is 59.4 Å². The van der Waals surface area contributed by atoms with Crippen molar-refractivity contribution in [3.05, 3.63) is 41.9 Å². The van der Waals surface area contributed by atoms with E-state index in [9.17, 15) is 0 Å². The average molecular weight is 217 g/mol. The van der Waals surface area contributed by atoms with E-state index in [1.807, 2.05) is 25.1 Å². The highest BCUT2D eigenvalue weighted by molar-refractivity contribution is 5.78. The summed E-state index contributed by atoms with van der Waals surface area (Å²) in [4.78, 5) is 0. The van der Waals surface area contributed by atoms with Crippen LogP contribution in [0.3, 0.4) is 0 Å². The van der Waals surface area contributed by atoms with Gasteiger partial charge in [0.05, 0.1) is 12.5 Å². The number of aliphatic hydroxyl groups is 1. The Kier molecular flexibility index (Phi) is 2.97. The summed E-state index contributed by atoms with van der Waals surface area (Å²) >= 11 is 0. The predicted molar refractivity (Wildman–Crippen MR) is 64.1 cm³/mol. The molecule has 16 heavy (non-hydrogen) atoms. The standard InChI is InChI=1S/C13H15NO2/c1-9-6-10(2-4-15)13(14)12(7-9)11-3-5-16-8-11/h3,5-8,15H,2,4,14H2,1H3. The fraction of sp³-hybridized carbons (Fsp3) is 0.231. The highest BCUT2D eigenvalue weighted by Crippen LogP contribution is 2.30. The second kappa shape index (κ2) is 4.41. The van der Waals surface area contributed by atoms with Crippen molar-refractivity contribution in [3.8, 4) is 11.1 Å². The van der Waals surface area contributed by atoms with Gasteiger partial charge in [0.2, 0.25) is 0 Å². The van der Waals surface area contributed by atoms with Crippen LogP contribution >= 0.6 is 0 Å². The summed E-state index contributed by atoms with van der Waals surface area (Å²) in [5, 5.41) is 8.98. The van der Waals surface area contributed by atoms with E-state index in [1.165, 1.54) is 0 Å². The fourth-order valence-corrected chi connectivity index (χ4v) is 1.86. The normalized spacial score (nSPS) is 10.6. The van der Waals surface area contributed by atoms with Crippen LogP contribution in [0.1, 0.15) is 11.1 Å². The van der Waals surface area contributed by atoms with E-state index in [4.69, 9.17) is 15.3 Å². The maximum absolute atomic E-state index is 8.98. The third-order valence-electron chi connectivity index (χ3n) is 2.62. The molecule has 1 aromatic carbocycles. The summed E-state index contributed by atoms with van der Waals surface area (Å²) in [6.07, 6.45) is 3.88. The number of nitrogen functional groups attached to an aromatic ring is 1. The molecule has 2 rings (SSSR count). The van der Waals surface area contributed by atoms with Gasteiger partial charge in [0.15, 0.2) is 0 Å². The molecule has 0 bridgehead atoms. The number of furan rings is 1. The van der Waals surface area contributed by atoms with Crippen molar-refractivity contribution >= 4 is 5.69 Å². The van der Waals surface area contributed by atoms with E-state index in [-0.39, 0.29) is 6.61 Å². The number of hydrogen-bond acceptors (Lipinski definition) is 3. The molecule has 0 amide bonds. The Morgan fingerprint density at radius 3 is 2.81 bits per heavy atom. The molecule has 3 N–H and O–H groups in total. The maximum atomic E-state index is 8.98. The molecule has 84 valence electrons. The van der Waals surface area contributed by atoms with Crippen molar-refractivity contribution in [1.82, 2.24) is 0 Å². The van der Waals surface area contributed by atoms with Crippen molar-refractivity contribution in [2.24, 2.45) is 0 Å². The molecule has 0 aliphatic carbocycles. The summed E-state index contributed by atoms with van der Waals surface area (Å²) in [6, 6.07) is 5.92. The number of benzene rings is 1. The van der Waals surface area contributed by atoms with E-state index >= 15 is 0 Å². The van der Waals surface area contributed by atoms with Gasteiger partial charge in [0.1, 0.15) is 0 Å². The Labute approximate surface area is 94.5 Å². The van der Waals surface area contributed by atoms with E-state index in [0.717, 1.165) is 27.9 Å². The zero-order valence-corrected chi connectivity index (χ0v) is 9.23. The number of rotatable bonds is 3. The molecular weight excluding hydrogens is 202 g/mol. The van der Waals surface area contributed by atoms with Gasteiger partial charge < -0.3 is 15.3 Å². The number of anilines is 1. The highest BCUT2D eigenvalue weighted by atomic mass is 16.3. The minimum Gasteiger partial charge on any atom is -0.472 e. The van der Waals surface area contributed by atoms with Crippen LogP contribution in [-0.2, 0) is 6.42 Å². The van der Waals surface area contributed by atoms with Gasteiger partial charge >= 0.3 is 0 Å². The Bertz CT molecular complexity index is 475. The highest BCUT2D eigenvalue weighted by Gasteiger charge is 2.09. The summed E-state index contributed by atoms with van der Waals surface area (Å²) in [7, 11) is 0. The number of aliphatic hydroxyl groups excluding tert-OH is 1. The van der Waals surface area contributed by atoms with Crippen LogP contribution in [0.25, 0.3) is 11.1 Å². The molecule has 0 aliphatic rings. The van der Waals surface area contributed by atoms with E-state index in [1.54, 1.807) is 12.5 Å². The Morgan fingerprint density at radius 2 is 2.19 bits per heavy atom. The summed E-state index contributed by atoms with van der Waals surface area (Å²) in [5.74, 6) is 0. The predicted octanol–water partition coefficient (Wildman–Crippen LogP) is 2.37. The van der Waals surface area contributed by atoms with Gasteiger partial charge in [0.25, 0.3) is 0 Å². The van der Waals surface area contributed by atoms with E-state index in [2.05, 4.69) is 0 Å². The SMILES string of the molecule is Cc1cc(CCO)c(N)c(-c2ccoc2)c1. The third kappa shape index (κ3) is 1.95. The lowest BCUT2D eigenvalue weighted by Crippen LogP contribution is -2.00. The Morgan fingerprint density at radius 1 is 1.38 bits per heavy atom. The van der Waals surface area contributed by atoms with Crippen LogP contribution in [0.15, 0.2) is 35.1 Å². The minimum atomic E-state index is 0.110. The molecule has 3 heteroatoms. The first-order valence-corrected chi connectivity index (χ1v) is 5.25. The van der Waals surface area contributed by atoms with E-state index in [0.29, 0.717) is 6.42 Å². The molecular formula is C13H15NO2. The molecule has 0 atom stereocenters. The zero-order chi connectivity index (χ0) is 11.5. The van der Waals surface area contributed by atoms with Gasteiger partial charge in [-0.05, 0) is 31.0 Å². The monoisotopic (exact) mass is 217 g/mol. The molecule has 3 nitrogen and oxygen atoms in total. The van der Waals surface area contributed by atoms with Gasteiger partial charge in [-0.25, -0.2) is 0 Å². The molecule has 0 spiro atoms. The first-order valence-electron chi connectivity index (χ1n) is 5.25. The molecule has 2 aromatic rings. The van der Waals surface area contributed by atoms with Crippen LogP contribution in [-0.4, -0.2) is 11.7 Å². The van der Waals surface area contributed by atoms with Gasteiger partial charge in [-0.1, -0.05) is 11.6 Å². The first kappa shape index (κ1) is 10.8. The van der Waals surface area contributed by atoms with E-state index < -0.39 is 0 Å². The lowest BCUT2D eigenvalue weighted by atomic mass is 9.98. The summed E-state index contributed by atoms with van der Waals surface area (Å²) in [6.45, 7) is 2.13. The summed E-state index contributed by atoms with van der Waals surface area (Å²) < 4.78 is 5.06. The summed E-state index contributed by atoms with van der Waals surface area (Å²) in [5.41, 5.74) is 10.9. The van der Waals surface area contributed by atoms with Crippen LogP contribution in [0.5, 0.6) is 0 Å². The quantitative estimate of drug-likeness (QED) is 0.776. The number of nitrogens with two attached hydrogens (primary N) is 1. The van der Waals surface area contributed by atoms with Crippen LogP contribution in [0, 0.1) is 6.92 Å². The molecule has 0 radical (unpaired) electrons. The van der Waals surface area contributed by atoms with Crippen molar-refractivity contribution in [3.63, 3.8) is 0 Å². The average Bonchev–Trinajstić information content (AvgIpc) is 2.76. The first-order chi connectivity index (χ1) is 7.72. The van der Waals surface area contributed by atoms with Gasteiger partial charge in [-0.15, -0.1) is 0 Å². The second-order valence-electron chi connectivity index (χ2n) is 3.87. The van der Waals surface area contributed by atoms with Crippen LogP contribution < -0.4 is 5.73 Å². The molecule has 0 fully saturated rings. The van der Waals surface area contributed by atoms with Gasteiger partial charge in [0, 0.05) is 23.4 Å². The molecule has 0 unspecified atom stereocenters. The van der Waals surface area contributed by atoms with Crippen molar-refractivity contribution < 1.29 is 9.52 Å². The van der Waals surface area contributed by atoms with Crippen molar-refractivity contribution in [2.75, 3.05) is 12.3 Å². The van der Waals surface area contributed by atoms with Crippen LogP contribution in [0.4, 0.5) is 5.69 Å². The smallest absolute Gasteiger partial charge is 0.0981 e. The second-order valence-corrected chi connectivity index (χ2v) is 3.87. The molecule has 0 saturated carbocycles. The molecule has 1 aromatic heterocycles. The largest absolute Gasteiger partial charge is 0.472 e.